The Balaban J connectivity index is 2.01. The monoisotopic (exact) mass is 198 g/mol. The smallest absolute Gasteiger partial charge is 0.209 e. The second-order valence-electron chi connectivity index (χ2n) is 3.95. The zero-order valence-corrected chi connectivity index (χ0v) is 8.57. The molecule has 0 aromatic carbocycles. The molecule has 0 radical (unpaired) electrons. The third-order valence-electron chi connectivity index (χ3n) is 2.62. The van der Waals surface area contributed by atoms with Gasteiger partial charge < -0.3 is 9.64 Å². The Morgan fingerprint density at radius 2 is 2.36 bits per heavy atom. The number of aliphatic imine (C=N–C) groups is 1. The van der Waals surface area contributed by atoms with Crippen molar-refractivity contribution in [2.24, 2.45) is 10.8 Å². The lowest BCUT2D eigenvalue weighted by Crippen LogP contribution is -2.53. The van der Waals surface area contributed by atoms with E-state index >= 15 is 0 Å². The zero-order chi connectivity index (χ0) is 9.97. The van der Waals surface area contributed by atoms with Crippen LogP contribution in [0, 0.1) is 0 Å². The highest BCUT2D eigenvalue weighted by molar-refractivity contribution is 5.80. The molecule has 3 N–H and O–H groups in total. The molecule has 0 spiro atoms. The van der Waals surface area contributed by atoms with E-state index in [1.54, 1.807) is 0 Å². The Morgan fingerprint density at radius 1 is 1.57 bits per heavy atom. The first kappa shape index (κ1) is 9.73. The molecular weight excluding hydrogens is 180 g/mol. The normalized spacial score (nSPS) is 29.1. The highest BCUT2D eigenvalue weighted by atomic mass is 16.5. The molecule has 2 aliphatic rings. The summed E-state index contributed by atoms with van der Waals surface area (Å²) in [7, 11) is 0. The van der Waals surface area contributed by atoms with Crippen molar-refractivity contribution in [1.82, 2.24) is 10.3 Å². The van der Waals surface area contributed by atoms with Crippen molar-refractivity contribution >= 4 is 5.96 Å². The van der Waals surface area contributed by atoms with Crippen molar-refractivity contribution < 1.29 is 4.74 Å². The molecule has 0 amide bonds. The molecule has 2 fully saturated rings. The van der Waals surface area contributed by atoms with E-state index in [2.05, 4.69) is 22.2 Å². The SMILES string of the molecule is CC1COCCN1C(=NC1CC1)NN. The fraction of sp³-hybridized carbons (Fsp3) is 0.889. The van der Waals surface area contributed by atoms with Crippen LogP contribution in [0.1, 0.15) is 19.8 Å². The maximum atomic E-state index is 5.48. The third-order valence-corrected chi connectivity index (χ3v) is 2.62. The van der Waals surface area contributed by atoms with Crippen molar-refractivity contribution in [2.45, 2.75) is 31.8 Å². The number of hydrogen-bond acceptors (Lipinski definition) is 3. The van der Waals surface area contributed by atoms with E-state index in [4.69, 9.17) is 10.6 Å². The Kier molecular flexibility index (Phi) is 2.88. The van der Waals surface area contributed by atoms with Crippen LogP contribution < -0.4 is 11.3 Å². The van der Waals surface area contributed by atoms with Crippen molar-refractivity contribution in [1.29, 1.82) is 0 Å². The van der Waals surface area contributed by atoms with Crippen LogP contribution in [-0.4, -0.2) is 42.7 Å². The number of hydrogen-bond donors (Lipinski definition) is 2. The Morgan fingerprint density at radius 3 is 2.93 bits per heavy atom. The van der Waals surface area contributed by atoms with Crippen LogP contribution in [0.4, 0.5) is 0 Å². The van der Waals surface area contributed by atoms with Crippen LogP contribution in [-0.2, 0) is 4.74 Å². The summed E-state index contributed by atoms with van der Waals surface area (Å²) >= 11 is 0. The van der Waals surface area contributed by atoms with Gasteiger partial charge in [0.05, 0.1) is 25.3 Å². The zero-order valence-electron chi connectivity index (χ0n) is 8.57. The van der Waals surface area contributed by atoms with Crippen LogP contribution in [0.3, 0.4) is 0 Å². The Bertz CT molecular complexity index is 227. The predicted molar refractivity (Wildman–Crippen MR) is 54.8 cm³/mol. The first-order valence-corrected chi connectivity index (χ1v) is 5.20. The molecule has 80 valence electrons. The topological polar surface area (TPSA) is 62.9 Å². The van der Waals surface area contributed by atoms with Gasteiger partial charge in [-0.25, -0.2) is 10.8 Å². The lowest BCUT2D eigenvalue weighted by atomic mass is 10.3. The molecular formula is C9H18N4O. The van der Waals surface area contributed by atoms with Gasteiger partial charge in [0, 0.05) is 6.54 Å². The average Bonchev–Trinajstić information content (AvgIpc) is 2.99. The number of nitrogens with one attached hydrogen (secondary N) is 1. The second-order valence-corrected chi connectivity index (χ2v) is 3.95. The van der Waals surface area contributed by atoms with E-state index in [0.29, 0.717) is 12.1 Å². The Labute approximate surface area is 84.3 Å². The van der Waals surface area contributed by atoms with Gasteiger partial charge in [0.25, 0.3) is 0 Å². The fourth-order valence-corrected chi connectivity index (χ4v) is 1.61. The Hall–Kier alpha value is -0.810. The van der Waals surface area contributed by atoms with Gasteiger partial charge in [-0.3, -0.25) is 5.43 Å². The van der Waals surface area contributed by atoms with Crippen LogP contribution in [0.25, 0.3) is 0 Å². The van der Waals surface area contributed by atoms with E-state index in [1.165, 1.54) is 12.8 Å². The van der Waals surface area contributed by atoms with Gasteiger partial charge in [0.1, 0.15) is 0 Å². The van der Waals surface area contributed by atoms with Gasteiger partial charge in [-0.1, -0.05) is 0 Å². The maximum Gasteiger partial charge on any atom is 0.209 e. The number of ether oxygens (including phenoxy) is 1. The number of nitrogens with two attached hydrogens (primary N) is 1. The van der Waals surface area contributed by atoms with Crippen molar-refractivity contribution in [2.75, 3.05) is 19.8 Å². The molecule has 0 aromatic rings. The molecule has 0 bridgehead atoms. The average molecular weight is 198 g/mol. The van der Waals surface area contributed by atoms with E-state index in [-0.39, 0.29) is 0 Å². The third kappa shape index (κ3) is 2.16. The molecule has 5 nitrogen and oxygen atoms in total. The van der Waals surface area contributed by atoms with E-state index in [0.717, 1.165) is 25.7 Å². The van der Waals surface area contributed by atoms with Crippen LogP contribution in [0.15, 0.2) is 4.99 Å². The van der Waals surface area contributed by atoms with E-state index < -0.39 is 0 Å². The van der Waals surface area contributed by atoms with Crippen molar-refractivity contribution in [3.05, 3.63) is 0 Å². The standard InChI is InChI=1S/C9H18N4O/c1-7-6-14-5-4-13(7)9(12-10)11-8-2-3-8/h7-8H,2-6,10H2,1H3,(H,11,12). The van der Waals surface area contributed by atoms with Crippen LogP contribution >= 0.6 is 0 Å². The van der Waals surface area contributed by atoms with Crippen molar-refractivity contribution in [3.63, 3.8) is 0 Å². The predicted octanol–water partition coefficient (Wildman–Crippen LogP) is -0.311. The molecule has 1 saturated heterocycles. The highest BCUT2D eigenvalue weighted by Gasteiger charge is 2.26. The molecule has 0 aromatic heterocycles. The highest BCUT2D eigenvalue weighted by Crippen LogP contribution is 2.24. The molecule has 5 heteroatoms. The van der Waals surface area contributed by atoms with Gasteiger partial charge in [-0.05, 0) is 19.8 Å². The molecule has 1 unspecified atom stereocenters. The summed E-state index contributed by atoms with van der Waals surface area (Å²) in [4.78, 5) is 6.71. The summed E-state index contributed by atoms with van der Waals surface area (Å²) in [6.45, 7) is 4.51. The number of nitrogens with zero attached hydrogens (tertiary/aromatic N) is 2. The van der Waals surface area contributed by atoms with Gasteiger partial charge >= 0.3 is 0 Å². The number of guanidine groups is 1. The minimum Gasteiger partial charge on any atom is -0.377 e. The molecule has 14 heavy (non-hydrogen) atoms. The van der Waals surface area contributed by atoms with Crippen LogP contribution in [0.5, 0.6) is 0 Å². The van der Waals surface area contributed by atoms with E-state index in [9.17, 15) is 0 Å². The number of hydrazine groups is 1. The lowest BCUT2D eigenvalue weighted by molar-refractivity contribution is 0.0314. The molecule has 1 aliphatic heterocycles. The lowest BCUT2D eigenvalue weighted by Gasteiger charge is -2.35. The summed E-state index contributed by atoms with van der Waals surface area (Å²) in [5.41, 5.74) is 2.69. The first-order valence-electron chi connectivity index (χ1n) is 5.20. The van der Waals surface area contributed by atoms with Gasteiger partial charge in [0.2, 0.25) is 5.96 Å². The van der Waals surface area contributed by atoms with Crippen LogP contribution in [0.2, 0.25) is 0 Å². The largest absolute Gasteiger partial charge is 0.377 e. The maximum absolute atomic E-state index is 5.48. The fourth-order valence-electron chi connectivity index (χ4n) is 1.61. The summed E-state index contributed by atoms with van der Waals surface area (Å²) in [5, 5.41) is 0. The van der Waals surface area contributed by atoms with Gasteiger partial charge in [-0.15, -0.1) is 0 Å². The molecule has 1 heterocycles. The molecule has 1 aliphatic carbocycles. The number of morpholine rings is 1. The summed E-state index contributed by atoms with van der Waals surface area (Å²) in [6.07, 6.45) is 2.40. The molecule has 2 rings (SSSR count). The summed E-state index contributed by atoms with van der Waals surface area (Å²) in [5.74, 6) is 6.30. The van der Waals surface area contributed by atoms with Gasteiger partial charge in [0.15, 0.2) is 0 Å². The second kappa shape index (κ2) is 4.14. The minimum atomic E-state index is 0.359. The first-order chi connectivity index (χ1) is 6.81. The quantitative estimate of drug-likeness (QED) is 0.262. The van der Waals surface area contributed by atoms with Gasteiger partial charge in [-0.2, -0.15) is 0 Å². The van der Waals surface area contributed by atoms with Crippen molar-refractivity contribution in [3.8, 4) is 0 Å². The number of rotatable bonds is 1. The van der Waals surface area contributed by atoms with E-state index in [1.807, 2.05) is 0 Å². The molecule has 1 saturated carbocycles. The molecule has 1 atom stereocenters. The summed E-state index contributed by atoms with van der Waals surface area (Å²) < 4.78 is 5.36. The minimum absolute atomic E-state index is 0.359. The summed E-state index contributed by atoms with van der Waals surface area (Å²) in [6, 6.07) is 0.855.